The SMILES string of the molecule is Cc1ccc(C#N)c(=O)n1CC(=O)N(C)CCC#N. The van der Waals surface area contributed by atoms with Crippen molar-refractivity contribution in [3.8, 4) is 12.1 Å². The fraction of sp³-hybridized carbons (Fsp3) is 0.385. The first kappa shape index (κ1) is 14.5. The van der Waals surface area contributed by atoms with Crippen molar-refractivity contribution >= 4 is 5.91 Å². The van der Waals surface area contributed by atoms with Gasteiger partial charge in [0.2, 0.25) is 5.91 Å². The van der Waals surface area contributed by atoms with Crippen molar-refractivity contribution in [2.24, 2.45) is 0 Å². The number of aryl methyl sites for hydroxylation is 1. The summed E-state index contributed by atoms with van der Waals surface area (Å²) in [5.41, 5.74) is 0.161. The zero-order chi connectivity index (χ0) is 14.4. The van der Waals surface area contributed by atoms with Crippen LogP contribution in [0.5, 0.6) is 0 Å². The summed E-state index contributed by atoms with van der Waals surface area (Å²) in [6.45, 7) is 1.90. The Morgan fingerprint density at radius 1 is 1.42 bits per heavy atom. The van der Waals surface area contributed by atoms with Crippen LogP contribution in [0.4, 0.5) is 0 Å². The highest BCUT2D eigenvalue weighted by Gasteiger charge is 2.13. The summed E-state index contributed by atoms with van der Waals surface area (Å²) in [5.74, 6) is -0.268. The van der Waals surface area contributed by atoms with Crippen LogP contribution in [0.1, 0.15) is 17.7 Å². The summed E-state index contributed by atoms with van der Waals surface area (Å²) in [4.78, 5) is 25.2. The van der Waals surface area contributed by atoms with Gasteiger partial charge in [-0.2, -0.15) is 10.5 Å². The van der Waals surface area contributed by atoms with Crippen molar-refractivity contribution in [2.75, 3.05) is 13.6 Å². The van der Waals surface area contributed by atoms with Crippen LogP contribution in [0, 0.1) is 29.6 Å². The molecule has 0 N–H and O–H groups in total. The maximum atomic E-state index is 11.9. The summed E-state index contributed by atoms with van der Waals surface area (Å²) in [5, 5.41) is 17.3. The highest BCUT2D eigenvalue weighted by molar-refractivity contribution is 5.75. The fourth-order valence-electron chi connectivity index (χ4n) is 1.55. The van der Waals surface area contributed by atoms with Crippen LogP contribution >= 0.6 is 0 Å². The second-order valence-electron chi connectivity index (χ2n) is 4.11. The lowest BCUT2D eigenvalue weighted by Crippen LogP contribution is -2.35. The van der Waals surface area contributed by atoms with E-state index in [1.807, 2.05) is 6.07 Å². The minimum absolute atomic E-state index is 0.0121. The second-order valence-corrected chi connectivity index (χ2v) is 4.11. The summed E-state index contributed by atoms with van der Waals surface area (Å²) >= 11 is 0. The smallest absolute Gasteiger partial charge is 0.269 e. The van der Waals surface area contributed by atoms with Crippen molar-refractivity contribution in [3.63, 3.8) is 0 Å². The molecule has 0 aliphatic rings. The van der Waals surface area contributed by atoms with Gasteiger partial charge in [0.05, 0.1) is 12.5 Å². The molecule has 6 nitrogen and oxygen atoms in total. The van der Waals surface area contributed by atoms with E-state index >= 15 is 0 Å². The van der Waals surface area contributed by atoms with E-state index < -0.39 is 5.56 Å². The number of aromatic nitrogens is 1. The average Bonchev–Trinajstić information content (AvgIpc) is 2.40. The molecule has 0 saturated heterocycles. The standard InChI is InChI=1S/C13H14N4O2/c1-10-4-5-11(8-15)13(19)17(10)9-12(18)16(2)7-3-6-14/h4-5H,3,7,9H2,1-2H3. The molecule has 0 aliphatic carbocycles. The van der Waals surface area contributed by atoms with E-state index in [2.05, 4.69) is 0 Å². The number of nitrogens with zero attached hydrogens (tertiary/aromatic N) is 4. The van der Waals surface area contributed by atoms with E-state index in [0.717, 1.165) is 0 Å². The van der Waals surface area contributed by atoms with Gasteiger partial charge in [0.25, 0.3) is 5.56 Å². The molecule has 0 bridgehead atoms. The Balaban J connectivity index is 2.95. The number of pyridine rings is 1. The molecule has 0 fully saturated rings. The van der Waals surface area contributed by atoms with Gasteiger partial charge < -0.3 is 9.47 Å². The van der Waals surface area contributed by atoms with Crippen LogP contribution in [0.15, 0.2) is 16.9 Å². The molecule has 0 aromatic carbocycles. The number of rotatable bonds is 4. The third kappa shape index (κ3) is 3.43. The fourth-order valence-corrected chi connectivity index (χ4v) is 1.55. The van der Waals surface area contributed by atoms with Crippen molar-refractivity contribution < 1.29 is 4.79 Å². The van der Waals surface area contributed by atoms with Gasteiger partial charge in [0.15, 0.2) is 0 Å². The molecular formula is C13H14N4O2. The first-order chi connectivity index (χ1) is 9.01. The van der Waals surface area contributed by atoms with Gasteiger partial charge in [-0.15, -0.1) is 0 Å². The summed E-state index contributed by atoms with van der Waals surface area (Å²) in [6.07, 6.45) is 0.244. The molecule has 1 aromatic rings. The summed E-state index contributed by atoms with van der Waals surface area (Å²) in [7, 11) is 1.58. The number of carbonyl (C=O) groups is 1. The van der Waals surface area contributed by atoms with Gasteiger partial charge in [0.1, 0.15) is 18.2 Å². The second kappa shape index (κ2) is 6.36. The van der Waals surface area contributed by atoms with Crippen molar-refractivity contribution in [3.05, 3.63) is 33.7 Å². The zero-order valence-electron chi connectivity index (χ0n) is 10.9. The minimum atomic E-state index is -0.468. The number of hydrogen-bond acceptors (Lipinski definition) is 4. The number of likely N-dealkylation sites (N-methyl/N-ethyl adjacent to an activating group) is 1. The molecule has 0 unspecified atom stereocenters. The summed E-state index contributed by atoms with van der Waals surface area (Å²) in [6, 6.07) is 6.82. The van der Waals surface area contributed by atoms with Crippen LogP contribution in [-0.4, -0.2) is 29.0 Å². The molecule has 0 saturated carbocycles. The number of carbonyl (C=O) groups excluding carboxylic acids is 1. The first-order valence-corrected chi connectivity index (χ1v) is 5.72. The third-order valence-electron chi connectivity index (χ3n) is 2.79. The minimum Gasteiger partial charge on any atom is -0.343 e. The van der Waals surface area contributed by atoms with Crippen molar-refractivity contribution in [1.29, 1.82) is 10.5 Å². The van der Waals surface area contributed by atoms with E-state index in [1.54, 1.807) is 26.1 Å². The van der Waals surface area contributed by atoms with E-state index in [1.165, 1.54) is 15.5 Å². The lowest BCUT2D eigenvalue weighted by atomic mass is 10.2. The molecule has 1 rings (SSSR count). The van der Waals surface area contributed by atoms with Crippen LogP contribution < -0.4 is 5.56 Å². The number of hydrogen-bond donors (Lipinski definition) is 0. The number of amides is 1. The van der Waals surface area contributed by atoms with Gasteiger partial charge >= 0.3 is 0 Å². The molecule has 0 aliphatic heterocycles. The van der Waals surface area contributed by atoms with Gasteiger partial charge in [0, 0.05) is 19.3 Å². The zero-order valence-corrected chi connectivity index (χ0v) is 10.9. The third-order valence-corrected chi connectivity index (χ3v) is 2.79. The molecule has 0 atom stereocenters. The van der Waals surface area contributed by atoms with Crippen LogP contribution in [0.25, 0.3) is 0 Å². The van der Waals surface area contributed by atoms with E-state index in [-0.39, 0.29) is 24.4 Å². The Bertz CT molecular complexity index is 619. The Morgan fingerprint density at radius 3 is 2.68 bits per heavy atom. The molecule has 0 radical (unpaired) electrons. The van der Waals surface area contributed by atoms with E-state index in [0.29, 0.717) is 12.2 Å². The monoisotopic (exact) mass is 258 g/mol. The van der Waals surface area contributed by atoms with Gasteiger partial charge in [-0.25, -0.2) is 0 Å². The van der Waals surface area contributed by atoms with E-state index in [9.17, 15) is 9.59 Å². The van der Waals surface area contributed by atoms with E-state index in [4.69, 9.17) is 10.5 Å². The molecule has 1 heterocycles. The van der Waals surface area contributed by atoms with Crippen LogP contribution in [0.2, 0.25) is 0 Å². The largest absolute Gasteiger partial charge is 0.343 e. The predicted octanol–water partition coefficient (Wildman–Crippen LogP) is 0.400. The molecule has 19 heavy (non-hydrogen) atoms. The average molecular weight is 258 g/mol. The topological polar surface area (TPSA) is 89.9 Å². The maximum Gasteiger partial charge on any atom is 0.269 e. The summed E-state index contributed by atoms with van der Waals surface area (Å²) < 4.78 is 1.27. The van der Waals surface area contributed by atoms with Gasteiger partial charge in [-0.3, -0.25) is 9.59 Å². The van der Waals surface area contributed by atoms with Crippen molar-refractivity contribution in [1.82, 2.24) is 9.47 Å². The Kier molecular flexibility index (Phi) is 4.84. The highest BCUT2D eigenvalue weighted by atomic mass is 16.2. The quantitative estimate of drug-likeness (QED) is 0.781. The molecule has 6 heteroatoms. The first-order valence-electron chi connectivity index (χ1n) is 5.72. The normalized spacial score (nSPS) is 9.47. The van der Waals surface area contributed by atoms with Crippen molar-refractivity contribution in [2.45, 2.75) is 19.9 Å². The predicted molar refractivity (Wildman–Crippen MR) is 68.0 cm³/mol. The highest BCUT2D eigenvalue weighted by Crippen LogP contribution is 1.99. The Hall–Kier alpha value is -2.60. The van der Waals surface area contributed by atoms with Crippen LogP contribution in [0.3, 0.4) is 0 Å². The molecular weight excluding hydrogens is 244 g/mol. The molecule has 0 spiro atoms. The Morgan fingerprint density at radius 2 is 2.11 bits per heavy atom. The van der Waals surface area contributed by atoms with Crippen LogP contribution in [-0.2, 0) is 11.3 Å². The van der Waals surface area contributed by atoms with Gasteiger partial charge in [-0.05, 0) is 19.1 Å². The lowest BCUT2D eigenvalue weighted by Gasteiger charge is -2.17. The molecule has 1 amide bonds. The maximum absolute atomic E-state index is 11.9. The number of nitriles is 2. The Labute approximate surface area is 111 Å². The molecule has 98 valence electrons. The van der Waals surface area contributed by atoms with Gasteiger partial charge in [-0.1, -0.05) is 0 Å². The molecule has 1 aromatic heterocycles. The lowest BCUT2D eigenvalue weighted by molar-refractivity contribution is -0.130.